The second-order valence-electron chi connectivity index (χ2n) is 19.7. The van der Waals surface area contributed by atoms with Gasteiger partial charge in [-0.1, -0.05) is 161 Å². The van der Waals surface area contributed by atoms with Gasteiger partial charge in [0, 0.05) is 42.8 Å². The van der Waals surface area contributed by atoms with E-state index in [1.165, 1.54) is 71.3 Å². The lowest BCUT2D eigenvalue weighted by atomic mass is 9.81. The molecule has 0 radical (unpaired) electrons. The van der Waals surface area contributed by atoms with Crippen molar-refractivity contribution in [1.82, 2.24) is 9.97 Å². The van der Waals surface area contributed by atoms with E-state index in [0.29, 0.717) is 0 Å². The second-order valence-corrected chi connectivity index (χ2v) is 20.8. The molecule has 3 aromatic heterocycles. The van der Waals surface area contributed by atoms with Crippen LogP contribution in [-0.4, -0.2) is 9.97 Å². The summed E-state index contributed by atoms with van der Waals surface area (Å²) in [5.41, 5.74) is 24.6. The molecule has 0 fully saturated rings. The predicted octanol–water partition coefficient (Wildman–Crippen LogP) is 17.7. The van der Waals surface area contributed by atoms with E-state index in [1.54, 1.807) is 17.7 Å². The lowest BCUT2D eigenvalue weighted by Crippen LogP contribution is -2.14. The largest absolute Gasteiger partial charge is 0.455 e. The Labute approximate surface area is 399 Å². The molecule has 0 saturated carbocycles. The summed E-state index contributed by atoms with van der Waals surface area (Å²) in [4.78, 5) is 9.57. The van der Waals surface area contributed by atoms with Gasteiger partial charge in [-0.2, -0.15) is 0 Å². The van der Waals surface area contributed by atoms with E-state index in [4.69, 9.17) is 14.4 Å². The average Bonchev–Trinajstić information content (AvgIpc) is 4.08. The lowest BCUT2D eigenvalue weighted by Gasteiger charge is -2.22. The Hall–Kier alpha value is -7.92. The van der Waals surface area contributed by atoms with Crippen molar-refractivity contribution in [3.05, 3.63) is 217 Å². The monoisotopic (exact) mass is 888 g/mol. The highest BCUT2D eigenvalue weighted by Crippen LogP contribution is 2.52. The quantitative estimate of drug-likeness (QED) is 0.173. The molecule has 0 spiro atoms. The zero-order valence-corrected chi connectivity index (χ0v) is 39.0. The van der Waals surface area contributed by atoms with Crippen molar-refractivity contribution < 1.29 is 4.42 Å². The Morgan fingerprint density at radius 2 is 0.926 bits per heavy atom. The summed E-state index contributed by atoms with van der Waals surface area (Å²) < 4.78 is 9.32. The number of fused-ring (bicyclic) bond motifs is 12. The Morgan fingerprint density at radius 1 is 0.382 bits per heavy atom. The fourth-order valence-electron chi connectivity index (χ4n) is 11.6. The molecule has 0 aliphatic heterocycles. The van der Waals surface area contributed by atoms with Gasteiger partial charge in [0.2, 0.25) is 0 Å². The summed E-state index contributed by atoms with van der Waals surface area (Å²) in [6, 6.07) is 69.4. The van der Waals surface area contributed by atoms with Crippen LogP contribution < -0.4 is 0 Å². The topological polar surface area (TPSA) is 38.9 Å². The average molecular weight is 889 g/mol. The molecular weight excluding hydrogens is 845 g/mol. The van der Waals surface area contributed by atoms with E-state index in [1.807, 2.05) is 0 Å². The standard InChI is InChI=1S/C64H44N2OS/c1-63(2)53-20-8-5-17-45(53)47-26-23-40(34-55(47)63)39-25-28-57-51(31-39)52-33-44(41-24-27-48-46-18-6-9-21-54(46)64(3,4)56(48)35-41)32-50(61(52)67-57)42-15-11-13-37(29-42)38-14-12-16-43(30-38)59-62-60(66-36-65-59)49-19-7-10-22-58(49)68-62/h5-36H,1-4H3. The molecule has 4 heteroatoms. The van der Waals surface area contributed by atoms with E-state index in [0.717, 1.165) is 71.2 Å². The molecule has 0 bridgehead atoms. The van der Waals surface area contributed by atoms with Gasteiger partial charge >= 0.3 is 0 Å². The maximum Gasteiger partial charge on any atom is 0.143 e. The minimum Gasteiger partial charge on any atom is -0.455 e. The molecule has 14 rings (SSSR count). The highest BCUT2D eigenvalue weighted by Gasteiger charge is 2.36. The molecular formula is C64H44N2OS. The molecule has 322 valence electrons. The minimum atomic E-state index is -0.116. The van der Waals surface area contributed by atoms with Crippen molar-refractivity contribution in [3.8, 4) is 78.0 Å². The molecule has 12 aromatic rings. The number of hydrogen-bond acceptors (Lipinski definition) is 4. The fourth-order valence-corrected chi connectivity index (χ4v) is 12.8. The van der Waals surface area contributed by atoms with Crippen molar-refractivity contribution in [2.45, 2.75) is 38.5 Å². The Bertz CT molecular complexity index is 4110. The Kier molecular flexibility index (Phi) is 8.25. The Morgan fingerprint density at radius 3 is 1.65 bits per heavy atom. The van der Waals surface area contributed by atoms with Crippen LogP contribution in [0.3, 0.4) is 0 Å². The third-order valence-electron chi connectivity index (χ3n) is 15.2. The normalized spacial score (nSPS) is 14.1. The summed E-state index contributed by atoms with van der Waals surface area (Å²) >= 11 is 1.76. The molecule has 0 saturated heterocycles. The smallest absolute Gasteiger partial charge is 0.143 e. The van der Waals surface area contributed by atoms with Gasteiger partial charge in [-0.15, -0.1) is 11.3 Å². The van der Waals surface area contributed by atoms with Crippen LogP contribution >= 0.6 is 11.3 Å². The van der Waals surface area contributed by atoms with E-state index in [2.05, 4.69) is 216 Å². The zero-order chi connectivity index (χ0) is 45.5. The molecule has 3 heterocycles. The van der Waals surface area contributed by atoms with E-state index in [9.17, 15) is 0 Å². The van der Waals surface area contributed by atoms with Crippen molar-refractivity contribution in [2.75, 3.05) is 0 Å². The molecule has 0 amide bonds. The third kappa shape index (κ3) is 5.71. The number of benzene rings is 9. The van der Waals surface area contributed by atoms with Crippen molar-refractivity contribution in [1.29, 1.82) is 0 Å². The second kappa shape index (κ2) is 14.3. The SMILES string of the molecule is CC1(C)c2ccccc2-c2ccc(-c3ccc4oc5c(-c6cccc(-c7cccc(-c8ncnc9c8sc8ccccc89)c7)c6)cc(-c6ccc7c(c6)C(C)(C)c6ccccc6-7)cc5c4c3)cc21. The van der Waals surface area contributed by atoms with Gasteiger partial charge < -0.3 is 4.42 Å². The molecule has 68 heavy (non-hydrogen) atoms. The number of hydrogen-bond donors (Lipinski definition) is 0. The van der Waals surface area contributed by atoms with Crippen molar-refractivity contribution in [3.63, 3.8) is 0 Å². The van der Waals surface area contributed by atoms with E-state index >= 15 is 0 Å². The highest BCUT2D eigenvalue weighted by atomic mass is 32.1. The van der Waals surface area contributed by atoms with Gasteiger partial charge in [0.25, 0.3) is 0 Å². The summed E-state index contributed by atoms with van der Waals surface area (Å²) in [6.45, 7) is 9.42. The van der Waals surface area contributed by atoms with Gasteiger partial charge in [-0.3, -0.25) is 0 Å². The van der Waals surface area contributed by atoms with Crippen LogP contribution in [0.1, 0.15) is 49.9 Å². The van der Waals surface area contributed by atoms with Crippen molar-refractivity contribution in [2.24, 2.45) is 0 Å². The van der Waals surface area contributed by atoms with Gasteiger partial charge in [-0.25, -0.2) is 9.97 Å². The predicted molar refractivity (Wildman–Crippen MR) is 285 cm³/mol. The van der Waals surface area contributed by atoms with Crippen LogP contribution in [0.4, 0.5) is 0 Å². The third-order valence-corrected chi connectivity index (χ3v) is 16.4. The minimum absolute atomic E-state index is 0.0819. The molecule has 9 aromatic carbocycles. The van der Waals surface area contributed by atoms with Crippen LogP contribution in [0.25, 0.3) is 120 Å². The van der Waals surface area contributed by atoms with Gasteiger partial charge in [0.15, 0.2) is 0 Å². The maximum atomic E-state index is 6.99. The van der Waals surface area contributed by atoms with Crippen LogP contribution in [0.2, 0.25) is 0 Å². The molecule has 2 aliphatic rings. The molecule has 0 unspecified atom stereocenters. The number of rotatable bonds is 5. The molecule has 2 aliphatic carbocycles. The molecule has 3 nitrogen and oxygen atoms in total. The highest BCUT2D eigenvalue weighted by molar-refractivity contribution is 7.26. The zero-order valence-electron chi connectivity index (χ0n) is 38.2. The first-order valence-electron chi connectivity index (χ1n) is 23.5. The first-order valence-corrected chi connectivity index (χ1v) is 24.3. The van der Waals surface area contributed by atoms with Crippen LogP contribution in [0.15, 0.2) is 199 Å². The van der Waals surface area contributed by atoms with Crippen LogP contribution in [-0.2, 0) is 10.8 Å². The summed E-state index contributed by atoms with van der Waals surface area (Å²) in [7, 11) is 0. The van der Waals surface area contributed by atoms with Crippen molar-refractivity contribution >= 4 is 53.6 Å². The Balaban J connectivity index is 0.928. The summed E-state index contributed by atoms with van der Waals surface area (Å²) in [6.07, 6.45) is 1.70. The maximum absolute atomic E-state index is 6.99. The summed E-state index contributed by atoms with van der Waals surface area (Å²) in [5.74, 6) is 0. The van der Waals surface area contributed by atoms with E-state index in [-0.39, 0.29) is 10.8 Å². The number of nitrogens with zero attached hydrogens (tertiary/aromatic N) is 2. The number of thiophene rings is 1. The lowest BCUT2D eigenvalue weighted by molar-refractivity contribution is 0.660. The van der Waals surface area contributed by atoms with E-state index < -0.39 is 0 Å². The number of furan rings is 1. The van der Waals surface area contributed by atoms with Gasteiger partial charge in [0.05, 0.1) is 15.9 Å². The first kappa shape index (κ1) is 39.3. The molecule has 0 N–H and O–H groups in total. The van der Waals surface area contributed by atoms with Crippen LogP contribution in [0.5, 0.6) is 0 Å². The number of aromatic nitrogens is 2. The fraction of sp³-hybridized carbons (Fsp3) is 0.0938. The first-order chi connectivity index (χ1) is 33.2. The van der Waals surface area contributed by atoms with Crippen LogP contribution in [0, 0.1) is 0 Å². The van der Waals surface area contributed by atoms with Gasteiger partial charge in [-0.05, 0) is 138 Å². The van der Waals surface area contributed by atoms with Gasteiger partial charge in [0.1, 0.15) is 17.5 Å². The molecule has 0 atom stereocenters. The summed E-state index contributed by atoms with van der Waals surface area (Å²) in [5, 5.41) is 3.39.